The largest absolute Gasteiger partial charge is 0.349 e. The van der Waals surface area contributed by atoms with Gasteiger partial charge in [0.2, 0.25) is 5.91 Å². The van der Waals surface area contributed by atoms with E-state index in [2.05, 4.69) is 34.7 Å². The van der Waals surface area contributed by atoms with Gasteiger partial charge in [0.1, 0.15) is 0 Å². The third-order valence-corrected chi connectivity index (χ3v) is 8.17. The molecule has 3 heterocycles. The van der Waals surface area contributed by atoms with Crippen molar-refractivity contribution >= 4 is 15.7 Å². The van der Waals surface area contributed by atoms with Crippen molar-refractivity contribution in [2.45, 2.75) is 63.7 Å². The Morgan fingerprint density at radius 2 is 1.96 bits per heavy atom. The number of carbonyl (C=O) groups excluding carboxylic acids is 1. The Bertz CT molecular complexity index is 767. The molecular formula is C19H29N3O3S. The zero-order valence-electron chi connectivity index (χ0n) is 15.5. The number of fused-ring (bicyclic) bond motifs is 1. The predicted molar refractivity (Wildman–Crippen MR) is 101 cm³/mol. The van der Waals surface area contributed by atoms with Gasteiger partial charge in [-0.25, -0.2) is 8.42 Å². The summed E-state index contributed by atoms with van der Waals surface area (Å²) in [6, 6.07) is 4.50. The molecule has 2 fully saturated rings. The van der Waals surface area contributed by atoms with Crippen molar-refractivity contribution in [2.24, 2.45) is 0 Å². The van der Waals surface area contributed by atoms with E-state index in [0.717, 1.165) is 38.8 Å². The van der Waals surface area contributed by atoms with Crippen molar-refractivity contribution < 1.29 is 13.2 Å². The van der Waals surface area contributed by atoms with Gasteiger partial charge in [-0.05, 0) is 38.3 Å². The Morgan fingerprint density at radius 3 is 2.65 bits per heavy atom. The molecule has 2 atom stereocenters. The Labute approximate surface area is 156 Å². The number of aromatic nitrogens is 1. The maximum atomic E-state index is 13.3. The molecule has 3 aliphatic rings. The van der Waals surface area contributed by atoms with Gasteiger partial charge in [-0.1, -0.05) is 12.8 Å². The lowest BCUT2D eigenvalue weighted by Gasteiger charge is -2.39. The highest BCUT2D eigenvalue weighted by Crippen LogP contribution is 2.31. The molecule has 1 aromatic rings. The van der Waals surface area contributed by atoms with Crippen LogP contribution in [0.3, 0.4) is 0 Å². The van der Waals surface area contributed by atoms with E-state index in [4.69, 9.17) is 0 Å². The van der Waals surface area contributed by atoms with E-state index in [9.17, 15) is 13.2 Å². The summed E-state index contributed by atoms with van der Waals surface area (Å²) in [4.78, 5) is 17.5. The molecule has 1 aliphatic carbocycles. The van der Waals surface area contributed by atoms with Gasteiger partial charge in [-0.2, -0.15) is 0 Å². The summed E-state index contributed by atoms with van der Waals surface area (Å²) in [5.41, 5.74) is 1.25. The van der Waals surface area contributed by atoms with E-state index in [1.54, 1.807) is 0 Å². The van der Waals surface area contributed by atoms with Crippen LogP contribution in [0.4, 0.5) is 0 Å². The second-order valence-electron chi connectivity index (χ2n) is 8.07. The molecule has 0 aromatic carbocycles. The van der Waals surface area contributed by atoms with Crippen LogP contribution >= 0.6 is 0 Å². The minimum Gasteiger partial charge on any atom is -0.349 e. The number of sulfone groups is 1. The summed E-state index contributed by atoms with van der Waals surface area (Å²) in [6.07, 6.45) is 7.01. The van der Waals surface area contributed by atoms with E-state index in [1.807, 2.05) is 4.90 Å². The summed E-state index contributed by atoms with van der Waals surface area (Å²) < 4.78 is 26.2. The van der Waals surface area contributed by atoms with Crippen LogP contribution in [0.25, 0.3) is 0 Å². The third kappa shape index (κ3) is 3.43. The minimum absolute atomic E-state index is 0.117. The van der Waals surface area contributed by atoms with Crippen molar-refractivity contribution in [3.63, 3.8) is 0 Å². The van der Waals surface area contributed by atoms with Gasteiger partial charge in [-0.15, -0.1) is 0 Å². The first-order valence-electron chi connectivity index (χ1n) is 9.85. The van der Waals surface area contributed by atoms with Gasteiger partial charge in [0.05, 0.1) is 18.1 Å². The lowest BCUT2D eigenvalue weighted by molar-refractivity contribution is -0.137. The van der Waals surface area contributed by atoms with Crippen LogP contribution in [0.5, 0.6) is 0 Å². The molecule has 2 aliphatic heterocycles. The van der Waals surface area contributed by atoms with Crippen molar-refractivity contribution in [2.75, 3.05) is 24.6 Å². The predicted octanol–water partition coefficient (Wildman–Crippen LogP) is 1.82. The Morgan fingerprint density at radius 1 is 1.19 bits per heavy atom. The SMILES string of the molecule is C[C@H]1c2cccn2CCN1CC(=O)N(C1CCCC1)[C@H]1CCS(=O)(=O)C1. The molecule has 1 saturated carbocycles. The number of carbonyl (C=O) groups is 1. The van der Waals surface area contributed by atoms with Crippen LogP contribution < -0.4 is 0 Å². The van der Waals surface area contributed by atoms with E-state index < -0.39 is 9.84 Å². The molecule has 0 radical (unpaired) electrons. The number of nitrogens with zero attached hydrogens (tertiary/aromatic N) is 3. The van der Waals surface area contributed by atoms with Crippen LogP contribution in [0.1, 0.15) is 50.8 Å². The van der Waals surface area contributed by atoms with Crippen LogP contribution in [0.15, 0.2) is 18.3 Å². The molecule has 1 aromatic heterocycles. The van der Waals surface area contributed by atoms with Crippen molar-refractivity contribution in [3.05, 3.63) is 24.0 Å². The Balaban J connectivity index is 1.50. The molecule has 1 amide bonds. The average molecular weight is 380 g/mol. The fourth-order valence-corrected chi connectivity index (χ4v) is 6.69. The highest BCUT2D eigenvalue weighted by atomic mass is 32.2. The Kier molecular flexibility index (Phi) is 4.86. The summed E-state index contributed by atoms with van der Waals surface area (Å²) >= 11 is 0. The smallest absolute Gasteiger partial charge is 0.237 e. The molecule has 0 bridgehead atoms. The van der Waals surface area contributed by atoms with Gasteiger partial charge >= 0.3 is 0 Å². The first-order valence-corrected chi connectivity index (χ1v) is 11.7. The van der Waals surface area contributed by atoms with E-state index in [1.165, 1.54) is 5.69 Å². The Hall–Kier alpha value is -1.34. The van der Waals surface area contributed by atoms with E-state index in [-0.39, 0.29) is 35.5 Å². The lowest BCUT2D eigenvalue weighted by Crippen LogP contribution is -2.52. The first kappa shape index (κ1) is 18.0. The van der Waals surface area contributed by atoms with Crippen LogP contribution in [0.2, 0.25) is 0 Å². The fraction of sp³-hybridized carbons (Fsp3) is 0.737. The summed E-state index contributed by atoms with van der Waals surface area (Å²) in [5, 5.41) is 0. The molecule has 0 unspecified atom stereocenters. The molecule has 6 nitrogen and oxygen atoms in total. The molecule has 0 N–H and O–H groups in total. The molecule has 4 rings (SSSR count). The second-order valence-corrected chi connectivity index (χ2v) is 10.3. The van der Waals surface area contributed by atoms with Gasteiger partial charge < -0.3 is 9.47 Å². The number of rotatable bonds is 4. The molecule has 0 spiro atoms. The first-order chi connectivity index (χ1) is 12.4. The maximum absolute atomic E-state index is 13.3. The van der Waals surface area contributed by atoms with Crippen molar-refractivity contribution in [1.29, 1.82) is 0 Å². The van der Waals surface area contributed by atoms with Crippen LogP contribution in [0, 0.1) is 0 Å². The summed E-state index contributed by atoms with van der Waals surface area (Å²) in [5.74, 6) is 0.487. The van der Waals surface area contributed by atoms with Crippen LogP contribution in [-0.2, 0) is 21.2 Å². The van der Waals surface area contributed by atoms with Gasteiger partial charge in [-0.3, -0.25) is 9.69 Å². The molecule has 1 saturated heterocycles. The highest BCUT2D eigenvalue weighted by molar-refractivity contribution is 7.91. The number of hydrogen-bond donors (Lipinski definition) is 0. The lowest BCUT2D eigenvalue weighted by atomic mass is 10.1. The minimum atomic E-state index is -2.99. The molecule has 7 heteroatoms. The van der Waals surface area contributed by atoms with Gasteiger partial charge in [0.15, 0.2) is 9.84 Å². The number of amides is 1. The standard InChI is InChI=1S/C19H29N3O3S/c1-15-18-7-4-9-20(18)10-11-21(15)13-19(23)22(16-5-2-3-6-16)17-8-12-26(24,25)14-17/h4,7,9,15-17H,2-3,5-6,8,10-14H2,1H3/t15-,17-/m0/s1. The average Bonchev–Trinajstić information content (AvgIpc) is 3.32. The van der Waals surface area contributed by atoms with Gasteiger partial charge in [0, 0.05) is 43.1 Å². The quantitative estimate of drug-likeness (QED) is 0.801. The van der Waals surface area contributed by atoms with Crippen molar-refractivity contribution in [1.82, 2.24) is 14.4 Å². The summed E-state index contributed by atoms with van der Waals surface area (Å²) in [6.45, 7) is 4.30. The molecular weight excluding hydrogens is 350 g/mol. The molecule has 144 valence electrons. The van der Waals surface area contributed by atoms with Gasteiger partial charge in [0.25, 0.3) is 0 Å². The topological polar surface area (TPSA) is 62.6 Å². The van der Waals surface area contributed by atoms with E-state index >= 15 is 0 Å². The normalized spacial score (nSPS) is 29.0. The highest BCUT2D eigenvalue weighted by Gasteiger charge is 2.39. The van der Waals surface area contributed by atoms with Crippen LogP contribution in [-0.4, -0.2) is 65.4 Å². The maximum Gasteiger partial charge on any atom is 0.237 e. The van der Waals surface area contributed by atoms with E-state index in [0.29, 0.717) is 13.0 Å². The monoisotopic (exact) mass is 379 g/mol. The fourth-order valence-electron chi connectivity index (χ4n) is 4.98. The third-order valence-electron chi connectivity index (χ3n) is 6.41. The molecule has 26 heavy (non-hydrogen) atoms. The summed E-state index contributed by atoms with van der Waals surface area (Å²) in [7, 11) is -2.99. The zero-order chi connectivity index (χ0) is 18.3. The van der Waals surface area contributed by atoms with Crippen molar-refractivity contribution in [3.8, 4) is 0 Å². The number of hydrogen-bond acceptors (Lipinski definition) is 4. The zero-order valence-corrected chi connectivity index (χ0v) is 16.3. The second kappa shape index (κ2) is 7.00.